The van der Waals surface area contributed by atoms with E-state index in [4.69, 9.17) is 4.74 Å². The molecule has 5 nitrogen and oxygen atoms in total. The first-order chi connectivity index (χ1) is 7.95. The number of nitrogens with one attached hydrogen (secondary N) is 1. The molecule has 0 spiro atoms. The first-order valence-electron chi connectivity index (χ1n) is 6.06. The Morgan fingerprint density at radius 3 is 2.76 bits per heavy atom. The predicted molar refractivity (Wildman–Crippen MR) is 65.5 cm³/mol. The minimum atomic E-state index is -2.90. The molecular weight excluding hydrogens is 242 g/mol. The molecule has 6 heteroatoms. The van der Waals surface area contributed by atoms with Crippen LogP contribution in [-0.2, 0) is 19.4 Å². The summed E-state index contributed by atoms with van der Waals surface area (Å²) in [5.74, 6) is 0.0489. The van der Waals surface area contributed by atoms with Crippen molar-refractivity contribution in [1.82, 2.24) is 5.32 Å². The standard InChI is InChI=1S/C11H21NO4S/c1-3-16-11(13)7-9(2)12-8-10-5-4-6-17(10,14)15/h9-10,12H,3-8H2,1-2H3. The van der Waals surface area contributed by atoms with Crippen LogP contribution in [0.15, 0.2) is 0 Å². The second kappa shape index (κ2) is 6.35. The van der Waals surface area contributed by atoms with E-state index in [9.17, 15) is 13.2 Å². The summed E-state index contributed by atoms with van der Waals surface area (Å²) in [4.78, 5) is 11.2. The highest BCUT2D eigenvalue weighted by molar-refractivity contribution is 7.92. The zero-order chi connectivity index (χ0) is 12.9. The lowest BCUT2D eigenvalue weighted by atomic mass is 10.2. The normalized spacial score (nSPS) is 24.5. The van der Waals surface area contributed by atoms with Crippen molar-refractivity contribution in [2.45, 2.75) is 44.4 Å². The molecule has 100 valence electrons. The van der Waals surface area contributed by atoms with Gasteiger partial charge in [0.2, 0.25) is 0 Å². The van der Waals surface area contributed by atoms with Crippen molar-refractivity contribution in [2.24, 2.45) is 0 Å². The quantitative estimate of drug-likeness (QED) is 0.706. The van der Waals surface area contributed by atoms with Gasteiger partial charge < -0.3 is 10.1 Å². The van der Waals surface area contributed by atoms with Crippen LogP contribution in [0.2, 0.25) is 0 Å². The van der Waals surface area contributed by atoms with Crippen molar-refractivity contribution in [3.05, 3.63) is 0 Å². The lowest BCUT2D eigenvalue weighted by Crippen LogP contribution is -2.37. The summed E-state index contributed by atoms with van der Waals surface area (Å²) >= 11 is 0. The summed E-state index contributed by atoms with van der Waals surface area (Å²) in [7, 11) is -2.90. The molecule has 0 aliphatic carbocycles. The van der Waals surface area contributed by atoms with Gasteiger partial charge in [0.15, 0.2) is 9.84 Å². The van der Waals surface area contributed by atoms with Crippen LogP contribution >= 0.6 is 0 Å². The third kappa shape index (κ3) is 4.63. The van der Waals surface area contributed by atoms with Gasteiger partial charge in [0, 0.05) is 12.6 Å². The Bertz CT molecular complexity index is 352. The van der Waals surface area contributed by atoms with Crippen molar-refractivity contribution in [2.75, 3.05) is 18.9 Å². The molecule has 0 aromatic heterocycles. The van der Waals surface area contributed by atoms with Crippen molar-refractivity contribution in [3.8, 4) is 0 Å². The maximum absolute atomic E-state index is 11.6. The smallest absolute Gasteiger partial charge is 0.307 e. The maximum Gasteiger partial charge on any atom is 0.307 e. The zero-order valence-corrected chi connectivity index (χ0v) is 11.3. The monoisotopic (exact) mass is 263 g/mol. The number of rotatable bonds is 6. The lowest BCUT2D eigenvalue weighted by molar-refractivity contribution is -0.143. The van der Waals surface area contributed by atoms with Crippen molar-refractivity contribution < 1.29 is 17.9 Å². The lowest BCUT2D eigenvalue weighted by Gasteiger charge is -2.16. The number of hydrogen-bond acceptors (Lipinski definition) is 5. The van der Waals surface area contributed by atoms with E-state index in [1.165, 1.54) is 0 Å². The molecule has 1 heterocycles. The molecule has 1 aliphatic heterocycles. The third-order valence-electron chi connectivity index (χ3n) is 2.93. The Morgan fingerprint density at radius 1 is 1.53 bits per heavy atom. The molecule has 0 amide bonds. The van der Waals surface area contributed by atoms with Gasteiger partial charge in [0.1, 0.15) is 0 Å². The summed E-state index contributed by atoms with van der Waals surface area (Å²) < 4.78 is 28.0. The fraction of sp³-hybridized carbons (Fsp3) is 0.909. The van der Waals surface area contributed by atoms with Crippen molar-refractivity contribution in [1.29, 1.82) is 0 Å². The van der Waals surface area contributed by atoms with Gasteiger partial charge in [-0.15, -0.1) is 0 Å². The van der Waals surface area contributed by atoms with Crippen LogP contribution in [0, 0.1) is 0 Å². The highest BCUT2D eigenvalue weighted by Crippen LogP contribution is 2.19. The van der Waals surface area contributed by atoms with Gasteiger partial charge >= 0.3 is 5.97 Å². The molecule has 0 aromatic carbocycles. The van der Waals surface area contributed by atoms with Crippen molar-refractivity contribution in [3.63, 3.8) is 0 Å². The van der Waals surface area contributed by atoms with E-state index in [1.807, 2.05) is 6.92 Å². The third-order valence-corrected chi connectivity index (χ3v) is 5.21. The number of hydrogen-bond donors (Lipinski definition) is 1. The molecule has 1 saturated heterocycles. The molecular formula is C11H21NO4S. The van der Waals surface area contributed by atoms with Crippen LogP contribution in [0.4, 0.5) is 0 Å². The summed E-state index contributed by atoms with van der Waals surface area (Å²) in [6.45, 7) is 4.44. The highest BCUT2D eigenvalue weighted by atomic mass is 32.2. The Balaban J connectivity index is 2.28. The average Bonchev–Trinajstić information content (AvgIpc) is 2.55. The van der Waals surface area contributed by atoms with E-state index in [0.717, 1.165) is 12.8 Å². The van der Waals surface area contributed by atoms with Gasteiger partial charge in [-0.05, 0) is 26.7 Å². The number of carbonyl (C=O) groups is 1. The van der Waals surface area contributed by atoms with Crippen LogP contribution in [0.1, 0.15) is 33.1 Å². The minimum absolute atomic E-state index is 0.0511. The van der Waals surface area contributed by atoms with E-state index >= 15 is 0 Å². The van der Waals surface area contributed by atoms with Gasteiger partial charge in [-0.1, -0.05) is 0 Å². The molecule has 2 unspecified atom stereocenters. The van der Waals surface area contributed by atoms with Crippen molar-refractivity contribution >= 4 is 15.8 Å². The summed E-state index contributed by atoms with van der Waals surface area (Å²) in [5.41, 5.74) is 0. The summed E-state index contributed by atoms with van der Waals surface area (Å²) in [6, 6.07) is -0.0511. The van der Waals surface area contributed by atoms with Crippen LogP contribution in [0.25, 0.3) is 0 Å². The molecule has 1 aliphatic rings. The number of sulfone groups is 1. The molecule has 0 aromatic rings. The first kappa shape index (κ1) is 14.4. The van der Waals surface area contributed by atoms with Gasteiger partial charge in [-0.3, -0.25) is 4.79 Å². The van der Waals surface area contributed by atoms with Crippen LogP contribution < -0.4 is 5.32 Å². The molecule has 1 rings (SSSR count). The molecule has 0 radical (unpaired) electrons. The van der Waals surface area contributed by atoms with E-state index in [0.29, 0.717) is 18.9 Å². The van der Waals surface area contributed by atoms with Crippen LogP contribution in [0.5, 0.6) is 0 Å². The minimum Gasteiger partial charge on any atom is -0.466 e. The second-order valence-electron chi connectivity index (χ2n) is 4.45. The van der Waals surface area contributed by atoms with E-state index < -0.39 is 9.84 Å². The molecule has 0 bridgehead atoms. The van der Waals surface area contributed by atoms with Crippen LogP contribution in [0.3, 0.4) is 0 Å². The van der Waals surface area contributed by atoms with E-state index in [2.05, 4.69) is 5.32 Å². The zero-order valence-electron chi connectivity index (χ0n) is 10.4. The summed E-state index contributed by atoms with van der Waals surface area (Å²) in [6.07, 6.45) is 1.75. The molecule has 17 heavy (non-hydrogen) atoms. The fourth-order valence-corrected chi connectivity index (χ4v) is 3.74. The maximum atomic E-state index is 11.6. The molecule has 1 N–H and O–H groups in total. The predicted octanol–water partition coefficient (Wildman–Crippen LogP) is 0.495. The number of esters is 1. The first-order valence-corrected chi connectivity index (χ1v) is 7.78. The largest absolute Gasteiger partial charge is 0.466 e. The van der Waals surface area contributed by atoms with Gasteiger partial charge in [0.05, 0.1) is 24.0 Å². The molecule has 1 fully saturated rings. The molecule has 0 saturated carbocycles. The number of ether oxygens (including phenoxy) is 1. The number of carbonyl (C=O) groups excluding carboxylic acids is 1. The highest BCUT2D eigenvalue weighted by Gasteiger charge is 2.31. The van der Waals surface area contributed by atoms with Gasteiger partial charge in [-0.25, -0.2) is 8.42 Å². The Kier molecular flexibility index (Phi) is 5.39. The van der Waals surface area contributed by atoms with Gasteiger partial charge in [-0.2, -0.15) is 0 Å². The van der Waals surface area contributed by atoms with Gasteiger partial charge in [0.25, 0.3) is 0 Å². The Hall–Kier alpha value is -0.620. The Labute approximate surface area is 103 Å². The topological polar surface area (TPSA) is 72.5 Å². The second-order valence-corrected chi connectivity index (χ2v) is 6.85. The molecule has 2 atom stereocenters. The Morgan fingerprint density at radius 2 is 2.24 bits per heavy atom. The van der Waals surface area contributed by atoms with E-state index in [1.54, 1.807) is 6.92 Å². The summed E-state index contributed by atoms with van der Waals surface area (Å²) in [5, 5.41) is 2.80. The fourth-order valence-electron chi connectivity index (χ4n) is 1.96. The van der Waals surface area contributed by atoms with E-state index in [-0.39, 0.29) is 23.7 Å². The van der Waals surface area contributed by atoms with Crippen LogP contribution in [-0.4, -0.2) is 44.6 Å². The SMILES string of the molecule is CCOC(=O)CC(C)NCC1CCCS1(=O)=O. The average molecular weight is 263 g/mol.